The van der Waals surface area contributed by atoms with Crippen molar-refractivity contribution in [1.82, 2.24) is 0 Å². The van der Waals surface area contributed by atoms with E-state index >= 15 is 0 Å². The summed E-state index contributed by atoms with van der Waals surface area (Å²) in [6.45, 7) is 5.54. The van der Waals surface area contributed by atoms with Crippen LogP contribution in [0.15, 0.2) is 23.2 Å². The number of hydrogen-bond donors (Lipinski definition) is 1. The number of ketones is 2. The molecule has 0 bridgehead atoms. The predicted molar refractivity (Wildman–Crippen MR) is 80.8 cm³/mol. The minimum absolute atomic E-state index is 0.0125. The summed E-state index contributed by atoms with van der Waals surface area (Å²) >= 11 is 6.12. The molecule has 0 saturated heterocycles. The number of Topliss-reactive ketones (excluding diaryl/α,β-unsaturated/α-hetero) is 2. The molecule has 2 rings (SSSR count). The molecule has 5 heteroatoms. The van der Waals surface area contributed by atoms with Gasteiger partial charge in [0.1, 0.15) is 11.8 Å². The van der Waals surface area contributed by atoms with Crippen LogP contribution in [0.25, 0.3) is 0 Å². The molecular formula is C15H17ClN2O2. The van der Waals surface area contributed by atoms with Crippen LogP contribution < -0.4 is 5.32 Å². The summed E-state index contributed by atoms with van der Waals surface area (Å²) in [5.41, 5.74) is 0.991. The van der Waals surface area contributed by atoms with Crippen molar-refractivity contribution < 1.29 is 9.59 Å². The topological polar surface area (TPSA) is 58.5 Å². The van der Waals surface area contributed by atoms with Crippen LogP contribution in [-0.4, -0.2) is 23.4 Å². The second-order valence-electron chi connectivity index (χ2n) is 5.01. The lowest BCUT2D eigenvalue weighted by atomic mass is 9.87. The zero-order chi connectivity index (χ0) is 14.9. The Hall–Kier alpha value is -1.68. The van der Waals surface area contributed by atoms with E-state index in [0.29, 0.717) is 28.5 Å². The first-order valence-electron chi connectivity index (χ1n) is 6.65. The quantitative estimate of drug-likeness (QED) is 0.869. The maximum atomic E-state index is 12.6. The molecule has 1 aliphatic rings. The fraction of sp³-hybridized carbons (Fsp3) is 0.400. The lowest BCUT2D eigenvalue weighted by Gasteiger charge is -2.27. The molecule has 1 aromatic rings. The Balaban J connectivity index is 2.57. The average molecular weight is 293 g/mol. The van der Waals surface area contributed by atoms with Gasteiger partial charge in [-0.15, -0.1) is 0 Å². The molecule has 0 radical (unpaired) electrons. The average Bonchev–Trinajstić information content (AvgIpc) is 2.39. The van der Waals surface area contributed by atoms with Crippen molar-refractivity contribution in [2.45, 2.75) is 33.2 Å². The van der Waals surface area contributed by atoms with Crippen LogP contribution in [-0.2, 0) is 4.79 Å². The molecule has 1 aromatic carbocycles. The van der Waals surface area contributed by atoms with E-state index in [1.54, 1.807) is 25.1 Å². The number of carbonyl (C=O) groups excluding carboxylic acids is 2. The Kier molecular flexibility index (Phi) is 4.23. The molecular weight excluding hydrogens is 276 g/mol. The van der Waals surface area contributed by atoms with Crippen LogP contribution in [0.4, 0.5) is 5.69 Å². The molecule has 106 valence electrons. The number of nitrogens with one attached hydrogen (secondary N) is 1. The highest BCUT2D eigenvalue weighted by atomic mass is 35.5. The molecule has 0 aromatic heterocycles. The number of hydrogen-bond acceptors (Lipinski definition) is 3. The number of benzene rings is 1. The van der Waals surface area contributed by atoms with Crippen LogP contribution in [0.3, 0.4) is 0 Å². The highest BCUT2D eigenvalue weighted by molar-refractivity contribution is 6.39. The minimum Gasteiger partial charge on any atom is -0.341 e. The second kappa shape index (κ2) is 5.75. The molecule has 1 N–H and O–H groups in total. The van der Waals surface area contributed by atoms with Crippen molar-refractivity contribution >= 4 is 34.7 Å². The van der Waals surface area contributed by atoms with Crippen LogP contribution in [0.5, 0.6) is 0 Å². The van der Waals surface area contributed by atoms with E-state index in [1.807, 2.05) is 13.8 Å². The van der Waals surface area contributed by atoms with E-state index in [-0.39, 0.29) is 17.6 Å². The smallest absolute Gasteiger partial charge is 0.183 e. The van der Waals surface area contributed by atoms with Gasteiger partial charge in [-0.2, -0.15) is 0 Å². The van der Waals surface area contributed by atoms with E-state index < -0.39 is 5.92 Å². The first-order chi connectivity index (χ1) is 9.45. The number of amidine groups is 1. The lowest BCUT2D eigenvalue weighted by molar-refractivity contribution is -0.119. The molecule has 1 unspecified atom stereocenters. The third-order valence-corrected chi connectivity index (χ3v) is 3.45. The summed E-state index contributed by atoms with van der Waals surface area (Å²) in [4.78, 5) is 29.0. The van der Waals surface area contributed by atoms with Gasteiger partial charge in [-0.3, -0.25) is 14.6 Å². The first kappa shape index (κ1) is 14.7. The van der Waals surface area contributed by atoms with Gasteiger partial charge in [0.2, 0.25) is 0 Å². The summed E-state index contributed by atoms with van der Waals surface area (Å²) in [5, 5.41) is 3.52. The lowest BCUT2D eigenvalue weighted by Crippen LogP contribution is -2.41. The van der Waals surface area contributed by atoms with Gasteiger partial charge < -0.3 is 5.32 Å². The van der Waals surface area contributed by atoms with E-state index in [2.05, 4.69) is 10.3 Å². The molecule has 1 atom stereocenters. The zero-order valence-electron chi connectivity index (χ0n) is 11.7. The number of rotatable bonds is 3. The number of fused-ring (bicyclic) bond motifs is 1. The second-order valence-corrected chi connectivity index (χ2v) is 5.42. The van der Waals surface area contributed by atoms with Gasteiger partial charge in [-0.05, 0) is 26.0 Å². The van der Waals surface area contributed by atoms with Crippen LogP contribution in [0.2, 0.25) is 5.02 Å². The standard InChI is InChI=1S/C15H17ClN2O2/c1-4-11(19)12-14(20)9-6-5-7-10(16)13(9)18-15(12)17-8(2)3/h5-8,12H,4H2,1-3H3,(H,17,18). The Bertz CT molecular complexity index is 594. The molecule has 1 heterocycles. The maximum Gasteiger partial charge on any atom is 0.183 e. The third-order valence-electron chi connectivity index (χ3n) is 3.14. The Morgan fingerprint density at radius 2 is 2.15 bits per heavy atom. The maximum absolute atomic E-state index is 12.6. The summed E-state index contributed by atoms with van der Waals surface area (Å²) in [6, 6.07) is 5.08. The number of anilines is 1. The predicted octanol–water partition coefficient (Wildman–Crippen LogP) is 3.35. The Morgan fingerprint density at radius 3 is 2.75 bits per heavy atom. The highest BCUT2D eigenvalue weighted by Crippen LogP contribution is 2.33. The van der Waals surface area contributed by atoms with Crippen LogP contribution in [0.1, 0.15) is 37.6 Å². The van der Waals surface area contributed by atoms with Crippen molar-refractivity contribution in [2.75, 3.05) is 5.32 Å². The largest absolute Gasteiger partial charge is 0.341 e. The van der Waals surface area contributed by atoms with E-state index in [4.69, 9.17) is 11.6 Å². The number of para-hydroxylation sites is 1. The molecule has 0 spiro atoms. The molecule has 0 saturated carbocycles. The highest BCUT2D eigenvalue weighted by Gasteiger charge is 2.37. The monoisotopic (exact) mass is 292 g/mol. The normalized spacial score (nSPS) is 19.9. The van der Waals surface area contributed by atoms with Crippen LogP contribution >= 0.6 is 11.6 Å². The van der Waals surface area contributed by atoms with Crippen molar-refractivity contribution in [3.63, 3.8) is 0 Å². The Morgan fingerprint density at radius 1 is 1.45 bits per heavy atom. The molecule has 0 aliphatic carbocycles. The summed E-state index contributed by atoms with van der Waals surface area (Å²) in [5.74, 6) is -0.800. The molecule has 0 fully saturated rings. The number of aliphatic imine (C=N–C) groups is 1. The summed E-state index contributed by atoms with van der Waals surface area (Å²) in [7, 11) is 0. The van der Waals surface area contributed by atoms with Crippen molar-refractivity contribution in [1.29, 1.82) is 0 Å². The van der Waals surface area contributed by atoms with Gasteiger partial charge in [-0.25, -0.2) is 0 Å². The molecule has 4 nitrogen and oxygen atoms in total. The van der Waals surface area contributed by atoms with Crippen molar-refractivity contribution in [3.05, 3.63) is 28.8 Å². The number of nitrogens with zero attached hydrogens (tertiary/aromatic N) is 1. The SMILES string of the molecule is CCC(=O)C1C(=O)c2cccc(Cl)c2NC1=NC(C)C. The fourth-order valence-corrected chi connectivity index (χ4v) is 2.45. The number of carbonyl (C=O) groups is 2. The third kappa shape index (κ3) is 2.61. The zero-order valence-corrected chi connectivity index (χ0v) is 12.5. The van der Waals surface area contributed by atoms with E-state index in [9.17, 15) is 9.59 Å². The van der Waals surface area contributed by atoms with Gasteiger partial charge in [0, 0.05) is 18.0 Å². The summed E-state index contributed by atoms with van der Waals surface area (Å²) < 4.78 is 0. The minimum atomic E-state index is -0.839. The Labute approximate surface area is 123 Å². The van der Waals surface area contributed by atoms with Gasteiger partial charge in [-0.1, -0.05) is 24.6 Å². The molecule has 20 heavy (non-hydrogen) atoms. The first-order valence-corrected chi connectivity index (χ1v) is 7.03. The van der Waals surface area contributed by atoms with Gasteiger partial charge in [0.05, 0.1) is 10.7 Å². The van der Waals surface area contributed by atoms with Gasteiger partial charge in [0.15, 0.2) is 11.6 Å². The van der Waals surface area contributed by atoms with E-state index in [1.165, 1.54) is 0 Å². The van der Waals surface area contributed by atoms with E-state index in [0.717, 1.165) is 0 Å². The van der Waals surface area contributed by atoms with Crippen LogP contribution in [0, 0.1) is 5.92 Å². The number of halogens is 1. The fourth-order valence-electron chi connectivity index (χ4n) is 2.22. The van der Waals surface area contributed by atoms with Crippen molar-refractivity contribution in [2.24, 2.45) is 10.9 Å². The molecule has 0 amide bonds. The van der Waals surface area contributed by atoms with Gasteiger partial charge >= 0.3 is 0 Å². The summed E-state index contributed by atoms with van der Waals surface area (Å²) in [6.07, 6.45) is 0.297. The van der Waals surface area contributed by atoms with Crippen molar-refractivity contribution in [3.8, 4) is 0 Å². The van der Waals surface area contributed by atoms with Gasteiger partial charge in [0.25, 0.3) is 0 Å². The molecule has 1 aliphatic heterocycles.